The molecule has 1 amide bonds. The maximum atomic E-state index is 12.7. The van der Waals surface area contributed by atoms with Crippen LogP contribution < -0.4 is 10.6 Å². The lowest BCUT2D eigenvalue weighted by Gasteiger charge is -2.35. The van der Waals surface area contributed by atoms with E-state index in [1.54, 1.807) is 23.0 Å². The molecule has 3 heterocycles. The molecule has 2 aromatic heterocycles. The first-order chi connectivity index (χ1) is 12.5. The van der Waals surface area contributed by atoms with E-state index in [4.69, 9.17) is 5.73 Å². The summed E-state index contributed by atoms with van der Waals surface area (Å²) in [7, 11) is 1.87. The monoisotopic (exact) mass is 351 g/mol. The van der Waals surface area contributed by atoms with Crippen LogP contribution in [-0.2, 0) is 7.05 Å². The molecule has 1 saturated heterocycles. The molecule has 26 heavy (non-hydrogen) atoms. The first-order valence-corrected chi connectivity index (χ1v) is 8.59. The minimum Gasteiger partial charge on any atom is -0.398 e. The van der Waals surface area contributed by atoms with Crippen LogP contribution in [0.15, 0.2) is 30.5 Å². The van der Waals surface area contributed by atoms with Gasteiger partial charge in [0.2, 0.25) is 0 Å². The standard InChI is InChI=1S/C18H21N7O/c1-12-21-16-14(11-20-23(16)2)17(22-12)24-7-9-25(10-8-24)18(26)13-5-3-4-6-15(13)19/h3-6,11H,7-10,19H2,1-2H3. The molecule has 4 rings (SSSR count). The molecular weight excluding hydrogens is 330 g/mol. The number of hydrogen-bond donors (Lipinski definition) is 1. The molecule has 8 heteroatoms. The second-order valence-corrected chi connectivity index (χ2v) is 6.47. The van der Waals surface area contributed by atoms with E-state index in [9.17, 15) is 4.79 Å². The molecule has 0 saturated carbocycles. The Labute approximate surface area is 151 Å². The number of nitrogen functional groups attached to an aromatic ring is 1. The minimum absolute atomic E-state index is 0.0202. The third-order valence-electron chi connectivity index (χ3n) is 4.74. The fourth-order valence-electron chi connectivity index (χ4n) is 3.34. The fourth-order valence-corrected chi connectivity index (χ4v) is 3.34. The summed E-state index contributed by atoms with van der Waals surface area (Å²) in [4.78, 5) is 25.8. The quantitative estimate of drug-likeness (QED) is 0.698. The van der Waals surface area contributed by atoms with Gasteiger partial charge in [0.05, 0.1) is 17.1 Å². The molecule has 0 atom stereocenters. The molecule has 3 aromatic rings. The van der Waals surface area contributed by atoms with Crippen LogP contribution in [0.5, 0.6) is 0 Å². The van der Waals surface area contributed by atoms with E-state index >= 15 is 0 Å². The van der Waals surface area contributed by atoms with E-state index in [-0.39, 0.29) is 5.91 Å². The van der Waals surface area contributed by atoms with Crippen LogP contribution in [0.25, 0.3) is 11.0 Å². The number of para-hydroxylation sites is 1. The molecule has 134 valence electrons. The lowest BCUT2D eigenvalue weighted by atomic mass is 10.1. The zero-order chi connectivity index (χ0) is 18.3. The summed E-state index contributed by atoms with van der Waals surface area (Å²) >= 11 is 0. The van der Waals surface area contributed by atoms with Crippen molar-refractivity contribution in [3.8, 4) is 0 Å². The Hall–Kier alpha value is -3.16. The Kier molecular flexibility index (Phi) is 3.95. The number of piperazine rings is 1. The highest BCUT2D eigenvalue weighted by Crippen LogP contribution is 2.25. The summed E-state index contributed by atoms with van der Waals surface area (Å²) < 4.78 is 1.76. The van der Waals surface area contributed by atoms with Crippen molar-refractivity contribution in [3.63, 3.8) is 0 Å². The van der Waals surface area contributed by atoms with Crippen molar-refractivity contribution in [3.05, 3.63) is 41.9 Å². The third-order valence-corrected chi connectivity index (χ3v) is 4.74. The van der Waals surface area contributed by atoms with Crippen LogP contribution in [0.3, 0.4) is 0 Å². The number of hydrogen-bond acceptors (Lipinski definition) is 6. The summed E-state index contributed by atoms with van der Waals surface area (Å²) in [6.07, 6.45) is 1.80. The van der Waals surface area contributed by atoms with E-state index in [0.29, 0.717) is 43.3 Å². The summed E-state index contributed by atoms with van der Waals surface area (Å²) in [5.74, 6) is 1.58. The van der Waals surface area contributed by atoms with E-state index < -0.39 is 0 Å². The fraction of sp³-hybridized carbons (Fsp3) is 0.333. The van der Waals surface area contributed by atoms with Gasteiger partial charge in [0.1, 0.15) is 11.6 Å². The van der Waals surface area contributed by atoms with Crippen molar-refractivity contribution in [1.29, 1.82) is 0 Å². The van der Waals surface area contributed by atoms with Crippen LogP contribution in [0.2, 0.25) is 0 Å². The zero-order valence-electron chi connectivity index (χ0n) is 14.9. The van der Waals surface area contributed by atoms with Gasteiger partial charge in [-0.2, -0.15) is 5.10 Å². The number of fused-ring (bicyclic) bond motifs is 1. The van der Waals surface area contributed by atoms with Gasteiger partial charge in [-0.3, -0.25) is 9.48 Å². The topological polar surface area (TPSA) is 93.2 Å². The van der Waals surface area contributed by atoms with Gasteiger partial charge in [-0.25, -0.2) is 9.97 Å². The van der Waals surface area contributed by atoms with Gasteiger partial charge in [0.25, 0.3) is 5.91 Å². The van der Waals surface area contributed by atoms with Crippen LogP contribution in [0, 0.1) is 6.92 Å². The van der Waals surface area contributed by atoms with Crippen molar-refractivity contribution in [1.82, 2.24) is 24.6 Å². The lowest BCUT2D eigenvalue weighted by Crippen LogP contribution is -2.49. The molecule has 0 spiro atoms. The van der Waals surface area contributed by atoms with E-state index in [1.807, 2.05) is 31.0 Å². The van der Waals surface area contributed by atoms with Crippen molar-refractivity contribution in [2.24, 2.45) is 7.05 Å². The van der Waals surface area contributed by atoms with Crippen LogP contribution in [0.1, 0.15) is 16.2 Å². The normalized spacial score (nSPS) is 14.8. The predicted molar refractivity (Wildman–Crippen MR) is 100 cm³/mol. The zero-order valence-corrected chi connectivity index (χ0v) is 14.9. The van der Waals surface area contributed by atoms with E-state index in [2.05, 4.69) is 20.0 Å². The number of rotatable bonds is 2. The molecule has 1 aromatic carbocycles. The molecule has 1 fully saturated rings. The number of aryl methyl sites for hydroxylation is 2. The highest BCUT2D eigenvalue weighted by molar-refractivity contribution is 5.99. The van der Waals surface area contributed by atoms with Crippen molar-refractivity contribution in [2.75, 3.05) is 36.8 Å². The number of amides is 1. The van der Waals surface area contributed by atoms with Gasteiger partial charge in [-0.05, 0) is 19.1 Å². The van der Waals surface area contributed by atoms with Crippen LogP contribution in [-0.4, -0.2) is 56.7 Å². The molecule has 1 aliphatic heterocycles. The van der Waals surface area contributed by atoms with Gasteiger partial charge in [-0.15, -0.1) is 0 Å². The number of aromatic nitrogens is 4. The Morgan fingerprint density at radius 2 is 1.85 bits per heavy atom. The first kappa shape index (κ1) is 16.3. The van der Waals surface area contributed by atoms with Gasteiger partial charge in [0, 0.05) is 38.9 Å². The van der Waals surface area contributed by atoms with Crippen molar-refractivity contribution < 1.29 is 4.79 Å². The molecular formula is C18H21N7O. The maximum absolute atomic E-state index is 12.7. The highest BCUT2D eigenvalue weighted by atomic mass is 16.2. The second-order valence-electron chi connectivity index (χ2n) is 6.47. The van der Waals surface area contributed by atoms with Gasteiger partial charge < -0.3 is 15.5 Å². The summed E-state index contributed by atoms with van der Waals surface area (Å²) in [5.41, 5.74) is 7.85. The van der Waals surface area contributed by atoms with Crippen molar-refractivity contribution >= 4 is 28.4 Å². The minimum atomic E-state index is -0.0202. The third kappa shape index (κ3) is 2.73. The Morgan fingerprint density at radius 3 is 2.58 bits per heavy atom. The molecule has 1 aliphatic rings. The Bertz CT molecular complexity index is 973. The van der Waals surface area contributed by atoms with Crippen LogP contribution >= 0.6 is 0 Å². The smallest absolute Gasteiger partial charge is 0.256 e. The maximum Gasteiger partial charge on any atom is 0.256 e. The van der Waals surface area contributed by atoms with E-state index in [1.165, 1.54) is 0 Å². The molecule has 0 bridgehead atoms. The number of nitrogens with zero attached hydrogens (tertiary/aromatic N) is 6. The molecule has 2 N–H and O–H groups in total. The average molecular weight is 351 g/mol. The summed E-state index contributed by atoms with van der Waals surface area (Å²) in [5, 5.41) is 5.23. The van der Waals surface area contributed by atoms with Crippen molar-refractivity contribution in [2.45, 2.75) is 6.92 Å². The lowest BCUT2D eigenvalue weighted by molar-refractivity contribution is 0.0747. The number of carbonyl (C=O) groups is 1. The Morgan fingerprint density at radius 1 is 1.12 bits per heavy atom. The molecule has 0 radical (unpaired) electrons. The molecule has 0 unspecified atom stereocenters. The first-order valence-electron chi connectivity index (χ1n) is 8.59. The SMILES string of the molecule is Cc1nc(N2CCN(C(=O)c3ccccc3N)CC2)c2cnn(C)c2n1. The average Bonchev–Trinajstić information content (AvgIpc) is 3.02. The number of carbonyl (C=O) groups excluding carboxylic acids is 1. The van der Waals surface area contributed by atoms with Gasteiger partial charge >= 0.3 is 0 Å². The largest absolute Gasteiger partial charge is 0.398 e. The number of nitrogens with two attached hydrogens (primary N) is 1. The molecule has 0 aliphatic carbocycles. The number of anilines is 2. The predicted octanol–water partition coefficient (Wildman–Crippen LogP) is 1.22. The second kappa shape index (κ2) is 6.29. The highest BCUT2D eigenvalue weighted by Gasteiger charge is 2.25. The van der Waals surface area contributed by atoms with E-state index in [0.717, 1.165) is 16.9 Å². The van der Waals surface area contributed by atoms with Gasteiger partial charge in [0.15, 0.2) is 5.65 Å². The summed E-state index contributed by atoms with van der Waals surface area (Å²) in [6, 6.07) is 7.20. The molecule has 8 nitrogen and oxygen atoms in total. The van der Waals surface area contributed by atoms with Gasteiger partial charge in [-0.1, -0.05) is 12.1 Å². The van der Waals surface area contributed by atoms with Crippen LogP contribution in [0.4, 0.5) is 11.5 Å². The summed E-state index contributed by atoms with van der Waals surface area (Å²) in [6.45, 7) is 4.54. The number of benzene rings is 1. The Balaban J connectivity index is 1.54.